The molecule has 4 nitrogen and oxygen atoms in total. The van der Waals surface area contributed by atoms with Gasteiger partial charge in [0.15, 0.2) is 0 Å². The first-order valence-electron chi connectivity index (χ1n) is 9.79. The van der Waals surface area contributed by atoms with Crippen LogP contribution in [0, 0.1) is 5.82 Å². The van der Waals surface area contributed by atoms with Gasteiger partial charge in [0.2, 0.25) is 11.8 Å². The number of rotatable bonds is 9. The van der Waals surface area contributed by atoms with Gasteiger partial charge >= 0.3 is 0 Å². The van der Waals surface area contributed by atoms with Gasteiger partial charge in [0, 0.05) is 24.6 Å². The van der Waals surface area contributed by atoms with Crippen LogP contribution in [0.25, 0.3) is 0 Å². The zero-order valence-electron chi connectivity index (χ0n) is 16.8. The summed E-state index contributed by atoms with van der Waals surface area (Å²) in [5, 5.41) is 2.91. The molecular formula is C23H29FN2O2. The minimum atomic E-state index is -0.683. The van der Waals surface area contributed by atoms with Gasteiger partial charge in [-0.1, -0.05) is 55.5 Å². The molecule has 0 unspecified atom stereocenters. The Morgan fingerprint density at radius 3 is 2.32 bits per heavy atom. The second kappa shape index (κ2) is 10.6. The van der Waals surface area contributed by atoms with Crippen molar-refractivity contribution < 1.29 is 14.0 Å². The Kier molecular flexibility index (Phi) is 8.18. The van der Waals surface area contributed by atoms with Gasteiger partial charge in [0.1, 0.15) is 11.9 Å². The molecule has 0 bridgehead atoms. The molecule has 0 aliphatic carbocycles. The highest BCUT2D eigenvalue weighted by Crippen LogP contribution is 2.15. The predicted molar refractivity (Wildman–Crippen MR) is 109 cm³/mol. The van der Waals surface area contributed by atoms with Crippen molar-refractivity contribution in [3.05, 3.63) is 71.5 Å². The van der Waals surface area contributed by atoms with E-state index < -0.39 is 6.04 Å². The van der Waals surface area contributed by atoms with E-state index in [2.05, 4.69) is 5.32 Å². The van der Waals surface area contributed by atoms with Crippen molar-refractivity contribution in [3.63, 3.8) is 0 Å². The standard InChI is InChI=1S/C23H29FN2O2/c1-4-17(2)25-23(28)18(3)26(16-20-12-8-9-13-21(20)24)22(27)15-14-19-10-6-5-7-11-19/h5-13,17-18H,4,14-16H2,1-3H3,(H,25,28)/t17-,18+/m0/s1. The fourth-order valence-corrected chi connectivity index (χ4v) is 2.90. The van der Waals surface area contributed by atoms with Crippen LogP contribution in [0.5, 0.6) is 0 Å². The highest BCUT2D eigenvalue weighted by molar-refractivity contribution is 5.87. The van der Waals surface area contributed by atoms with Gasteiger partial charge in [-0.15, -0.1) is 0 Å². The van der Waals surface area contributed by atoms with Crippen LogP contribution in [0.15, 0.2) is 54.6 Å². The second-order valence-electron chi connectivity index (χ2n) is 7.09. The molecular weight excluding hydrogens is 355 g/mol. The zero-order valence-corrected chi connectivity index (χ0v) is 16.8. The molecule has 2 rings (SSSR count). The highest BCUT2D eigenvalue weighted by Gasteiger charge is 2.27. The summed E-state index contributed by atoms with van der Waals surface area (Å²) in [5.74, 6) is -0.768. The molecule has 5 heteroatoms. The Hall–Kier alpha value is -2.69. The van der Waals surface area contributed by atoms with Crippen LogP contribution < -0.4 is 5.32 Å². The molecule has 2 atom stereocenters. The highest BCUT2D eigenvalue weighted by atomic mass is 19.1. The lowest BCUT2D eigenvalue weighted by Gasteiger charge is -2.30. The van der Waals surface area contributed by atoms with Crippen molar-refractivity contribution in [1.82, 2.24) is 10.2 Å². The van der Waals surface area contributed by atoms with E-state index in [1.54, 1.807) is 25.1 Å². The molecule has 0 radical (unpaired) electrons. The lowest BCUT2D eigenvalue weighted by Crippen LogP contribution is -2.49. The summed E-state index contributed by atoms with van der Waals surface area (Å²) in [4.78, 5) is 27.0. The number of hydrogen-bond donors (Lipinski definition) is 1. The monoisotopic (exact) mass is 384 g/mol. The van der Waals surface area contributed by atoms with Crippen molar-refractivity contribution in [2.45, 2.75) is 58.7 Å². The average Bonchev–Trinajstić information content (AvgIpc) is 2.71. The van der Waals surface area contributed by atoms with E-state index >= 15 is 0 Å². The summed E-state index contributed by atoms with van der Waals surface area (Å²) in [5.41, 5.74) is 1.46. The molecule has 0 saturated carbocycles. The van der Waals surface area contributed by atoms with E-state index in [4.69, 9.17) is 0 Å². The average molecular weight is 384 g/mol. The molecule has 0 fully saturated rings. The van der Waals surface area contributed by atoms with E-state index in [1.807, 2.05) is 44.2 Å². The van der Waals surface area contributed by atoms with Gasteiger partial charge in [-0.05, 0) is 38.3 Å². The third-order valence-electron chi connectivity index (χ3n) is 4.94. The predicted octanol–water partition coefficient (Wildman–Crippen LogP) is 4.09. The number of halogens is 1. The molecule has 28 heavy (non-hydrogen) atoms. The maximum Gasteiger partial charge on any atom is 0.242 e. The van der Waals surface area contributed by atoms with E-state index in [1.165, 1.54) is 11.0 Å². The zero-order chi connectivity index (χ0) is 20.5. The van der Waals surface area contributed by atoms with Crippen LogP contribution in [0.3, 0.4) is 0 Å². The normalized spacial score (nSPS) is 12.9. The van der Waals surface area contributed by atoms with Crippen LogP contribution >= 0.6 is 0 Å². The van der Waals surface area contributed by atoms with Crippen LogP contribution in [0.4, 0.5) is 4.39 Å². The number of benzene rings is 2. The second-order valence-corrected chi connectivity index (χ2v) is 7.09. The summed E-state index contributed by atoms with van der Waals surface area (Å²) < 4.78 is 14.2. The topological polar surface area (TPSA) is 49.4 Å². The lowest BCUT2D eigenvalue weighted by atomic mass is 10.1. The Morgan fingerprint density at radius 2 is 1.68 bits per heavy atom. The minimum absolute atomic E-state index is 0.0182. The fraction of sp³-hybridized carbons (Fsp3) is 0.391. The maximum atomic E-state index is 14.2. The van der Waals surface area contributed by atoms with Gasteiger partial charge in [0.05, 0.1) is 0 Å². The summed E-state index contributed by atoms with van der Waals surface area (Å²) >= 11 is 0. The minimum Gasteiger partial charge on any atom is -0.352 e. The number of aryl methyl sites for hydroxylation is 1. The molecule has 0 aliphatic rings. The number of carbonyl (C=O) groups is 2. The smallest absolute Gasteiger partial charge is 0.242 e. The van der Waals surface area contributed by atoms with Gasteiger partial charge < -0.3 is 10.2 Å². The molecule has 150 valence electrons. The molecule has 0 heterocycles. The fourth-order valence-electron chi connectivity index (χ4n) is 2.90. The number of nitrogens with zero attached hydrogens (tertiary/aromatic N) is 1. The number of nitrogens with one attached hydrogen (secondary N) is 1. The first kappa shape index (κ1) is 21.6. The largest absolute Gasteiger partial charge is 0.352 e. The SMILES string of the molecule is CC[C@H](C)NC(=O)[C@@H](C)N(Cc1ccccc1F)C(=O)CCc1ccccc1. The Labute approximate surface area is 166 Å². The maximum absolute atomic E-state index is 14.2. The Balaban J connectivity index is 2.15. The third kappa shape index (κ3) is 6.19. The molecule has 2 aromatic rings. The van der Waals surface area contributed by atoms with Crippen molar-refractivity contribution in [2.75, 3.05) is 0 Å². The van der Waals surface area contributed by atoms with E-state index in [9.17, 15) is 14.0 Å². The molecule has 2 amide bonds. The Bertz CT molecular complexity index is 779. The van der Waals surface area contributed by atoms with Crippen LogP contribution in [-0.4, -0.2) is 28.8 Å². The van der Waals surface area contributed by atoms with Crippen LogP contribution in [-0.2, 0) is 22.6 Å². The van der Waals surface area contributed by atoms with Crippen LogP contribution in [0.1, 0.15) is 44.7 Å². The molecule has 0 aromatic heterocycles. The lowest BCUT2D eigenvalue weighted by molar-refractivity contribution is -0.140. The quantitative estimate of drug-likeness (QED) is 0.708. The van der Waals surface area contributed by atoms with E-state index in [0.717, 1.165) is 12.0 Å². The molecule has 1 N–H and O–H groups in total. The number of amides is 2. The summed E-state index contributed by atoms with van der Waals surface area (Å²) in [6, 6.07) is 15.4. The van der Waals surface area contributed by atoms with Gasteiger partial charge in [-0.25, -0.2) is 4.39 Å². The van der Waals surface area contributed by atoms with E-state index in [-0.39, 0.29) is 36.6 Å². The van der Waals surface area contributed by atoms with Gasteiger partial charge in [0.25, 0.3) is 0 Å². The summed E-state index contributed by atoms with van der Waals surface area (Å²) in [6.45, 7) is 5.66. The summed E-state index contributed by atoms with van der Waals surface area (Å²) in [6.07, 6.45) is 1.64. The first-order chi connectivity index (χ1) is 13.4. The van der Waals surface area contributed by atoms with Crippen LogP contribution in [0.2, 0.25) is 0 Å². The van der Waals surface area contributed by atoms with Crippen molar-refractivity contribution in [1.29, 1.82) is 0 Å². The molecule has 0 saturated heterocycles. The van der Waals surface area contributed by atoms with Gasteiger partial charge in [-0.3, -0.25) is 9.59 Å². The number of hydrogen-bond acceptors (Lipinski definition) is 2. The Morgan fingerprint density at radius 1 is 1.04 bits per heavy atom. The molecule has 0 aliphatic heterocycles. The van der Waals surface area contributed by atoms with Gasteiger partial charge in [-0.2, -0.15) is 0 Å². The van der Waals surface area contributed by atoms with Crippen molar-refractivity contribution in [2.24, 2.45) is 0 Å². The molecule has 2 aromatic carbocycles. The third-order valence-corrected chi connectivity index (χ3v) is 4.94. The number of carbonyl (C=O) groups excluding carboxylic acids is 2. The summed E-state index contributed by atoms with van der Waals surface area (Å²) in [7, 11) is 0. The first-order valence-corrected chi connectivity index (χ1v) is 9.79. The van der Waals surface area contributed by atoms with E-state index in [0.29, 0.717) is 12.0 Å². The molecule has 0 spiro atoms. The van der Waals surface area contributed by atoms with Crippen molar-refractivity contribution >= 4 is 11.8 Å². The van der Waals surface area contributed by atoms with Crippen molar-refractivity contribution in [3.8, 4) is 0 Å².